The Kier molecular flexibility index (Phi) is 2.89. The first-order chi connectivity index (χ1) is 4.74. The van der Waals surface area contributed by atoms with E-state index in [2.05, 4.69) is 28.9 Å². The number of aliphatic hydroxyl groups excluding tert-OH is 1. The molecule has 0 atom stereocenters. The summed E-state index contributed by atoms with van der Waals surface area (Å²) in [6, 6.07) is 2.10. The van der Waals surface area contributed by atoms with E-state index in [4.69, 9.17) is 5.11 Å². The Hall–Kier alpha value is 0.140. The van der Waals surface area contributed by atoms with Crippen LogP contribution in [0.1, 0.15) is 10.4 Å². The summed E-state index contributed by atoms with van der Waals surface area (Å²) < 4.78 is 1.15. The lowest BCUT2D eigenvalue weighted by atomic mass is 10.2. The molecule has 56 valence electrons. The fraction of sp³-hybridized carbons (Fsp3) is 0.429. The molecule has 10 heavy (non-hydrogen) atoms. The van der Waals surface area contributed by atoms with Gasteiger partial charge in [0.15, 0.2) is 0 Å². The first-order valence-corrected chi connectivity index (χ1v) is 4.70. The van der Waals surface area contributed by atoms with E-state index in [1.54, 1.807) is 11.3 Å². The molecule has 0 unspecified atom stereocenters. The number of aryl methyl sites for hydroxylation is 1. The highest BCUT2D eigenvalue weighted by molar-refractivity contribution is 9.11. The quantitative estimate of drug-likeness (QED) is 0.812. The molecule has 3 heteroatoms. The number of halogens is 1. The fourth-order valence-corrected chi connectivity index (χ4v) is 2.68. The second-order valence-corrected chi connectivity index (χ2v) is 4.70. The van der Waals surface area contributed by atoms with Crippen LogP contribution in [0.3, 0.4) is 0 Å². The summed E-state index contributed by atoms with van der Waals surface area (Å²) in [7, 11) is 0. The minimum Gasteiger partial charge on any atom is -0.396 e. The van der Waals surface area contributed by atoms with Crippen LogP contribution in [-0.4, -0.2) is 11.7 Å². The van der Waals surface area contributed by atoms with Crippen LogP contribution in [0.5, 0.6) is 0 Å². The average molecular weight is 221 g/mol. The van der Waals surface area contributed by atoms with Crippen molar-refractivity contribution in [1.82, 2.24) is 0 Å². The highest BCUT2D eigenvalue weighted by Crippen LogP contribution is 2.27. The van der Waals surface area contributed by atoms with E-state index in [-0.39, 0.29) is 6.61 Å². The molecule has 1 heterocycles. The Morgan fingerprint density at radius 1 is 1.70 bits per heavy atom. The van der Waals surface area contributed by atoms with Crippen molar-refractivity contribution in [3.05, 3.63) is 20.3 Å². The molecule has 1 nitrogen and oxygen atoms in total. The molecule has 0 aliphatic rings. The van der Waals surface area contributed by atoms with E-state index in [0.717, 1.165) is 10.2 Å². The van der Waals surface area contributed by atoms with E-state index < -0.39 is 0 Å². The lowest BCUT2D eigenvalue weighted by Gasteiger charge is -1.90. The van der Waals surface area contributed by atoms with Gasteiger partial charge in [-0.1, -0.05) is 0 Å². The van der Waals surface area contributed by atoms with Gasteiger partial charge in [-0.05, 0) is 40.9 Å². The second kappa shape index (κ2) is 3.51. The van der Waals surface area contributed by atoms with Gasteiger partial charge in [-0.2, -0.15) is 0 Å². The molecule has 0 aliphatic heterocycles. The van der Waals surface area contributed by atoms with Crippen molar-refractivity contribution in [2.24, 2.45) is 0 Å². The highest BCUT2D eigenvalue weighted by atomic mass is 79.9. The molecule has 1 N–H and O–H groups in total. The molecule has 0 radical (unpaired) electrons. The molecule has 0 bridgehead atoms. The molecular weight excluding hydrogens is 212 g/mol. The van der Waals surface area contributed by atoms with Crippen molar-refractivity contribution in [2.75, 3.05) is 6.61 Å². The number of hydrogen-bond acceptors (Lipinski definition) is 2. The SMILES string of the molecule is Cc1cc(CCO)c(Br)s1. The second-order valence-electron chi connectivity index (χ2n) is 2.13. The largest absolute Gasteiger partial charge is 0.396 e. The number of thiophene rings is 1. The van der Waals surface area contributed by atoms with Gasteiger partial charge >= 0.3 is 0 Å². The van der Waals surface area contributed by atoms with Gasteiger partial charge in [0.1, 0.15) is 0 Å². The van der Waals surface area contributed by atoms with Crippen molar-refractivity contribution in [3.8, 4) is 0 Å². The lowest BCUT2D eigenvalue weighted by Crippen LogP contribution is -1.87. The van der Waals surface area contributed by atoms with Gasteiger partial charge in [0.05, 0.1) is 3.79 Å². The van der Waals surface area contributed by atoms with Crippen LogP contribution in [-0.2, 0) is 6.42 Å². The Labute approximate surface area is 72.8 Å². The number of rotatable bonds is 2. The molecule has 0 spiro atoms. The van der Waals surface area contributed by atoms with Gasteiger partial charge in [-0.3, -0.25) is 0 Å². The van der Waals surface area contributed by atoms with E-state index >= 15 is 0 Å². The Balaban J connectivity index is 2.81. The van der Waals surface area contributed by atoms with Crippen molar-refractivity contribution < 1.29 is 5.11 Å². The summed E-state index contributed by atoms with van der Waals surface area (Å²) in [5, 5.41) is 8.64. The van der Waals surface area contributed by atoms with Gasteiger partial charge in [0, 0.05) is 11.5 Å². The third kappa shape index (κ3) is 1.81. The normalized spacial score (nSPS) is 10.3. The predicted molar refractivity (Wildman–Crippen MR) is 47.5 cm³/mol. The topological polar surface area (TPSA) is 20.2 Å². The first kappa shape index (κ1) is 8.24. The Morgan fingerprint density at radius 3 is 2.80 bits per heavy atom. The van der Waals surface area contributed by atoms with E-state index in [0.29, 0.717) is 0 Å². The van der Waals surface area contributed by atoms with Crippen LogP contribution in [0.2, 0.25) is 0 Å². The molecule has 0 aliphatic carbocycles. The average Bonchev–Trinajstić information content (AvgIpc) is 2.13. The summed E-state index contributed by atoms with van der Waals surface area (Å²) in [5.74, 6) is 0. The van der Waals surface area contributed by atoms with Crippen molar-refractivity contribution in [3.63, 3.8) is 0 Å². The zero-order chi connectivity index (χ0) is 7.56. The van der Waals surface area contributed by atoms with Crippen LogP contribution in [0, 0.1) is 6.92 Å². The third-order valence-corrected chi connectivity index (χ3v) is 3.14. The maximum atomic E-state index is 8.64. The van der Waals surface area contributed by atoms with E-state index in [1.807, 2.05) is 0 Å². The zero-order valence-electron chi connectivity index (χ0n) is 5.72. The molecule has 1 aromatic rings. The molecule has 1 aromatic heterocycles. The first-order valence-electron chi connectivity index (χ1n) is 3.09. The molecule has 0 saturated heterocycles. The molecule has 0 aromatic carbocycles. The van der Waals surface area contributed by atoms with Gasteiger partial charge < -0.3 is 5.11 Å². The molecule has 0 amide bonds. The van der Waals surface area contributed by atoms with Crippen LogP contribution in [0.25, 0.3) is 0 Å². The lowest BCUT2D eigenvalue weighted by molar-refractivity contribution is 0.299. The Bertz CT molecular complexity index is 219. The monoisotopic (exact) mass is 220 g/mol. The van der Waals surface area contributed by atoms with Crippen LogP contribution in [0.15, 0.2) is 9.85 Å². The van der Waals surface area contributed by atoms with Crippen molar-refractivity contribution in [2.45, 2.75) is 13.3 Å². The smallest absolute Gasteiger partial charge is 0.0734 e. The summed E-state index contributed by atoms with van der Waals surface area (Å²) in [6.45, 7) is 2.30. The van der Waals surface area contributed by atoms with Crippen LogP contribution in [0.4, 0.5) is 0 Å². The van der Waals surface area contributed by atoms with Gasteiger partial charge in [-0.25, -0.2) is 0 Å². The van der Waals surface area contributed by atoms with Gasteiger partial charge in [0.25, 0.3) is 0 Å². The fourth-order valence-electron chi connectivity index (χ4n) is 0.829. The Morgan fingerprint density at radius 2 is 2.40 bits per heavy atom. The zero-order valence-corrected chi connectivity index (χ0v) is 8.13. The highest BCUT2D eigenvalue weighted by Gasteiger charge is 2.01. The van der Waals surface area contributed by atoms with Gasteiger partial charge in [-0.15, -0.1) is 11.3 Å². The van der Waals surface area contributed by atoms with Crippen LogP contribution < -0.4 is 0 Å². The van der Waals surface area contributed by atoms with Crippen LogP contribution >= 0.6 is 27.3 Å². The minimum absolute atomic E-state index is 0.231. The number of aliphatic hydroxyl groups is 1. The molecule has 1 rings (SSSR count). The maximum Gasteiger partial charge on any atom is 0.0734 e. The molecule has 0 saturated carbocycles. The summed E-state index contributed by atoms with van der Waals surface area (Å²) in [5.41, 5.74) is 1.21. The van der Waals surface area contributed by atoms with Gasteiger partial charge in [0.2, 0.25) is 0 Å². The third-order valence-electron chi connectivity index (χ3n) is 1.26. The summed E-state index contributed by atoms with van der Waals surface area (Å²) in [4.78, 5) is 1.29. The predicted octanol–water partition coefficient (Wildman–Crippen LogP) is 2.35. The molecule has 0 fully saturated rings. The maximum absolute atomic E-state index is 8.64. The summed E-state index contributed by atoms with van der Waals surface area (Å²) >= 11 is 5.14. The number of hydrogen-bond donors (Lipinski definition) is 1. The van der Waals surface area contributed by atoms with Crippen molar-refractivity contribution in [1.29, 1.82) is 0 Å². The van der Waals surface area contributed by atoms with E-state index in [1.165, 1.54) is 10.4 Å². The van der Waals surface area contributed by atoms with E-state index in [9.17, 15) is 0 Å². The van der Waals surface area contributed by atoms with Crippen molar-refractivity contribution >= 4 is 27.3 Å². The minimum atomic E-state index is 0.231. The standard InChI is InChI=1S/C7H9BrOS/c1-5-4-6(2-3-9)7(8)10-5/h4,9H,2-3H2,1H3. The molecular formula is C7H9BrOS. The summed E-state index contributed by atoms with van der Waals surface area (Å²) in [6.07, 6.45) is 0.755.